The van der Waals surface area contributed by atoms with Crippen LogP contribution in [0.15, 0.2) is 24.3 Å². The van der Waals surface area contributed by atoms with Crippen molar-refractivity contribution in [2.75, 3.05) is 26.4 Å². The molecule has 0 amide bonds. The molecule has 0 aliphatic carbocycles. The molecule has 4 N–H and O–H groups in total. The first-order valence-corrected chi connectivity index (χ1v) is 28.9. The summed E-state index contributed by atoms with van der Waals surface area (Å²) < 4.78 is 23.0. The Hall–Kier alpha value is -1.33. The Bertz CT molecular complexity index is 1080. The van der Waals surface area contributed by atoms with Crippen LogP contribution in [0.25, 0.3) is 0 Å². The molecule has 1 fully saturated rings. The van der Waals surface area contributed by atoms with Crippen LogP contribution in [0.4, 0.5) is 0 Å². The van der Waals surface area contributed by atoms with Gasteiger partial charge in [-0.1, -0.05) is 250 Å². The summed E-state index contributed by atoms with van der Waals surface area (Å²) in [6.45, 7) is 4.61. The van der Waals surface area contributed by atoms with Crippen molar-refractivity contribution in [3.63, 3.8) is 0 Å². The van der Waals surface area contributed by atoms with Gasteiger partial charge >= 0.3 is 5.97 Å². The van der Waals surface area contributed by atoms with E-state index in [0.717, 1.165) is 38.5 Å². The minimum atomic E-state index is -1.53. The van der Waals surface area contributed by atoms with Crippen molar-refractivity contribution < 1.29 is 44.2 Å². The highest BCUT2D eigenvalue weighted by Crippen LogP contribution is 2.23. The molecule has 1 aliphatic heterocycles. The van der Waals surface area contributed by atoms with Gasteiger partial charge < -0.3 is 39.4 Å². The fourth-order valence-electron chi connectivity index (χ4n) is 9.11. The van der Waals surface area contributed by atoms with Gasteiger partial charge in [0.05, 0.1) is 19.8 Å². The summed E-state index contributed by atoms with van der Waals surface area (Å²) in [6, 6.07) is 0. The lowest BCUT2D eigenvalue weighted by molar-refractivity contribution is -0.305. The molecule has 0 radical (unpaired) electrons. The number of carbonyl (C=O) groups is 1. The number of aliphatic hydroxyl groups excluding tert-OH is 4. The van der Waals surface area contributed by atoms with Gasteiger partial charge in [-0.25, -0.2) is 0 Å². The molecular formula is C58H110O9. The topological polar surface area (TPSA) is 135 Å². The Kier molecular flexibility index (Phi) is 47.2. The molecule has 6 unspecified atom stereocenters. The van der Waals surface area contributed by atoms with Crippen molar-refractivity contribution >= 4 is 5.97 Å². The first kappa shape index (κ1) is 63.7. The number of esters is 1. The second kappa shape index (κ2) is 49.6. The molecule has 0 aromatic heterocycles. The number of carbonyl (C=O) groups excluding carboxylic acids is 1. The van der Waals surface area contributed by atoms with Gasteiger partial charge in [-0.2, -0.15) is 0 Å². The minimum Gasteiger partial charge on any atom is -0.457 e. The molecule has 1 heterocycles. The van der Waals surface area contributed by atoms with Crippen LogP contribution in [0.1, 0.15) is 277 Å². The molecule has 396 valence electrons. The first-order chi connectivity index (χ1) is 32.9. The summed E-state index contributed by atoms with van der Waals surface area (Å²) in [5, 5.41) is 40.3. The molecule has 9 nitrogen and oxygen atoms in total. The van der Waals surface area contributed by atoms with E-state index < -0.39 is 43.4 Å². The van der Waals surface area contributed by atoms with Crippen molar-refractivity contribution in [2.24, 2.45) is 0 Å². The van der Waals surface area contributed by atoms with Gasteiger partial charge in [-0.05, 0) is 44.9 Å². The lowest BCUT2D eigenvalue weighted by Crippen LogP contribution is -2.59. The average molecular weight is 952 g/mol. The van der Waals surface area contributed by atoms with E-state index in [9.17, 15) is 25.2 Å². The van der Waals surface area contributed by atoms with Gasteiger partial charge in [-0.3, -0.25) is 4.79 Å². The van der Waals surface area contributed by atoms with Crippen LogP contribution in [0.5, 0.6) is 0 Å². The third-order valence-corrected chi connectivity index (χ3v) is 13.6. The summed E-state index contributed by atoms with van der Waals surface area (Å²) >= 11 is 0. The number of allylic oxidation sites excluding steroid dienone is 4. The standard InChI is InChI=1S/C58H110O9/c1-3-5-7-9-11-13-15-17-19-21-23-24-25-26-27-28-29-31-33-35-37-39-41-43-45-47-54(60)66-52(51-65-58-57(63)56(62)55(61)53(49-59)67-58)50-64-48-46-44-42-40-38-36-34-32-30-22-20-18-16-14-12-10-8-6-4-2/h15,17,21,23,52-53,55-59,61-63H,3-14,16,18-20,22,24-51H2,1-2H3/b17-15-,23-21-. The van der Waals surface area contributed by atoms with Crippen molar-refractivity contribution in [1.29, 1.82) is 0 Å². The van der Waals surface area contributed by atoms with E-state index in [1.54, 1.807) is 0 Å². The fourth-order valence-corrected chi connectivity index (χ4v) is 9.11. The maximum absolute atomic E-state index is 12.9. The summed E-state index contributed by atoms with van der Waals surface area (Å²) in [4.78, 5) is 12.9. The predicted molar refractivity (Wildman–Crippen MR) is 279 cm³/mol. The molecule has 0 aromatic carbocycles. The van der Waals surface area contributed by atoms with E-state index in [1.807, 2.05) is 0 Å². The van der Waals surface area contributed by atoms with Crippen molar-refractivity contribution in [1.82, 2.24) is 0 Å². The van der Waals surface area contributed by atoms with Crippen LogP contribution in [0, 0.1) is 0 Å². The highest BCUT2D eigenvalue weighted by molar-refractivity contribution is 5.69. The Labute approximate surface area is 413 Å². The Morgan fingerprint density at radius 2 is 0.866 bits per heavy atom. The maximum Gasteiger partial charge on any atom is 0.306 e. The van der Waals surface area contributed by atoms with Gasteiger partial charge in [0.15, 0.2) is 6.29 Å². The largest absolute Gasteiger partial charge is 0.457 e. The molecule has 1 rings (SSSR count). The Balaban J connectivity index is 2.14. The van der Waals surface area contributed by atoms with E-state index in [-0.39, 0.29) is 19.2 Å². The number of ether oxygens (including phenoxy) is 4. The van der Waals surface area contributed by atoms with Crippen LogP contribution in [-0.2, 0) is 23.7 Å². The highest BCUT2D eigenvalue weighted by atomic mass is 16.7. The molecule has 0 bridgehead atoms. The monoisotopic (exact) mass is 951 g/mol. The third kappa shape index (κ3) is 40.0. The lowest BCUT2D eigenvalue weighted by atomic mass is 9.99. The number of rotatable bonds is 51. The molecule has 1 saturated heterocycles. The highest BCUT2D eigenvalue weighted by Gasteiger charge is 2.44. The summed E-state index contributed by atoms with van der Waals surface area (Å²) in [6.07, 6.45) is 53.7. The molecule has 0 aromatic rings. The van der Waals surface area contributed by atoms with Crippen LogP contribution >= 0.6 is 0 Å². The molecule has 0 spiro atoms. The SMILES string of the molecule is CCCCCCC/C=C\C/C=C\CCCCCCCCCCCCCCCC(=O)OC(COCCCCCCCCCCCCCCCCCCCCC)COC1OC(CO)C(O)C(O)C1O. The van der Waals surface area contributed by atoms with Gasteiger partial charge in [-0.15, -0.1) is 0 Å². The normalized spacial score (nSPS) is 19.3. The van der Waals surface area contributed by atoms with Crippen LogP contribution in [0.3, 0.4) is 0 Å². The van der Waals surface area contributed by atoms with E-state index >= 15 is 0 Å². The van der Waals surface area contributed by atoms with Gasteiger partial charge in [0.2, 0.25) is 0 Å². The smallest absolute Gasteiger partial charge is 0.306 e. The summed E-state index contributed by atoms with van der Waals surface area (Å²) in [7, 11) is 0. The first-order valence-electron chi connectivity index (χ1n) is 28.9. The third-order valence-electron chi connectivity index (χ3n) is 13.6. The molecule has 6 atom stereocenters. The molecule has 1 aliphatic rings. The number of unbranched alkanes of at least 4 members (excludes halogenated alkanes) is 36. The molecule has 67 heavy (non-hydrogen) atoms. The van der Waals surface area contributed by atoms with Gasteiger partial charge in [0.1, 0.15) is 30.5 Å². The molecule has 0 saturated carbocycles. The van der Waals surface area contributed by atoms with Crippen molar-refractivity contribution in [3.8, 4) is 0 Å². The Morgan fingerprint density at radius 3 is 1.28 bits per heavy atom. The second-order valence-corrected chi connectivity index (χ2v) is 20.1. The van der Waals surface area contributed by atoms with Crippen molar-refractivity contribution in [2.45, 2.75) is 314 Å². The quantitative estimate of drug-likeness (QED) is 0.0267. The van der Waals surface area contributed by atoms with Gasteiger partial charge in [0.25, 0.3) is 0 Å². The number of aliphatic hydroxyl groups is 4. The van der Waals surface area contributed by atoms with E-state index in [4.69, 9.17) is 18.9 Å². The zero-order valence-electron chi connectivity index (χ0n) is 43.9. The fraction of sp³-hybridized carbons (Fsp3) is 0.914. The van der Waals surface area contributed by atoms with E-state index in [0.29, 0.717) is 13.0 Å². The van der Waals surface area contributed by atoms with Crippen LogP contribution in [0.2, 0.25) is 0 Å². The average Bonchev–Trinajstić information content (AvgIpc) is 3.33. The van der Waals surface area contributed by atoms with Crippen LogP contribution in [-0.4, -0.2) is 89.6 Å². The maximum atomic E-state index is 12.9. The van der Waals surface area contributed by atoms with Gasteiger partial charge in [0, 0.05) is 13.0 Å². The number of hydrogen-bond acceptors (Lipinski definition) is 9. The predicted octanol–water partition coefficient (Wildman–Crippen LogP) is 14.9. The summed E-state index contributed by atoms with van der Waals surface area (Å²) in [5.74, 6) is -0.308. The molecular weight excluding hydrogens is 841 g/mol. The lowest BCUT2D eigenvalue weighted by Gasteiger charge is -2.39. The van der Waals surface area contributed by atoms with Crippen LogP contribution < -0.4 is 0 Å². The minimum absolute atomic E-state index is 0.108. The Morgan fingerprint density at radius 1 is 0.478 bits per heavy atom. The number of hydrogen-bond donors (Lipinski definition) is 4. The summed E-state index contributed by atoms with van der Waals surface area (Å²) in [5.41, 5.74) is 0. The molecule has 9 heteroatoms. The zero-order chi connectivity index (χ0) is 48.5. The van der Waals surface area contributed by atoms with Crippen molar-refractivity contribution in [3.05, 3.63) is 24.3 Å². The second-order valence-electron chi connectivity index (χ2n) is 20.1. The van der Waals surface area contributed by atoms with E-state index in [1.165, 1.54) is 218 Å². The van der Waals surface area contributed by atoms with E-state index in [2.05, 4.69) is 38.2 Å². The zero-order valence-corrected chi connectivity index (χ0v) is 43.9.